The van der Waals surface area contributed by atoms with Crippen LogP contribution < -0.4 is 15.5 Å². The van der Waals surface area contributed by atoms with E-state index in [2.05, 4.69) is 20.6 Å². The number of nitro benzene ring substituents is 2. The standard InChI is InChI=1S/C16H19N7O5/c1-10-19-14(9-15(20-10)21(2)3)17-4-5-18-16(24)11-6-12(22(25)26)8-13(7-11)23(27)28/h6-9H,4-5H2,1-3H3,(H,18,24)(H,17,19,20). The van der Waals surface area contributed by atoms with Gasteiger partial charge in [-0.05, 0) is 6.92 Å². The summed E-state index contributed by atoms with van der Waals surface area (Å²) in [5.41, 5.74) is -1.20. The highest BCUT2D eigenvalue weighted by molar-refractivity contribution is 5.95. The molecule has 2 N–H and O–H groups in total. The number of nitrogens with zero attached hydrogens (tertiary/aromatic N) is 5. The molecule has 1 amide bonds. The molecule has 2 rings (SSSR count). The Morgan fingerprint density at radius 2 is 1.64 bits per heavy atom. The Labute approximate surface area is 159 Å². The van der Waals surface area contributed by atoms with Gasteiger partial charge in [0.15, 0.2) is 0 Å². The van der Waals surface area contributed by atoms with Crippen LogP contribution in [0.2, 0.25) is 0 Å². The van der Waals surface area contributed by atoms with Crippen molar-refractivity contribution in [3.63, 3.8) is 0 Å². The lowest BCUT2D eigenvalue weighted by Crippen LogP contribution is -2.29. The summed E-state index contributed by atoms with van der Waals surface area (Å²) in [6.07, 6.45) is 0. The van der Waals surface area contributed by atoms with E-state index in [9.17, 15) is 25.0 Å². The third-order valence-electron chi connectivity index (χ3n) is 3.59. The number of anilines is 2. The minimum Gasteiger partial charge on any atom is -0.368 e. The number of rotatable bonds is 8. The van der Waals surface area contributed by atoms with E-state index < -0.39 is 27.1 Å². The van der Waals surface area contributed by atoms with Crippen LogP contribution in [-0.4, -0.2) is 52.9 Å². The Bertz CT molecular complexity index is 884. The number of amides is 1. The second kappa shape index (κ2) is 8.70. The number of hydrogen-bond donors (Lipinski definition) is 2. The molecule has 0 aliphatic carbocycles. The van der Waals surface area contributed by atoms with Gasteiger partial charge in [0.2, 0.25) is 0 Å². The first-order chi connectivity index (χ1) is 13.2. The highest BCUT2D eigenvalue weighted by atomic mass is 16.6. The molecule has 12 nitrogen and oxygen atoms in total. The average molecular weight is 389 g/mol. The zero-order chi connectivity index (χ0) is 20.8. The topological polar surface area (TPSA) is 156 Å². The Kier molecular flexibility index (Phi) is 6.37. The summed E-state index contributed by atoms with van der Waals surface area (Å²) < 4.78 is 0. The van der Waals surface area contributed by atoms with Gasteiger partial charge in [-0.25, -0.2) is 9.97 Å². The minimum absolute atomic E-state index is 0.159. The first-order valence-electron chi connectivity index (χ1n) is 8.16. The average Bonchev–Trinajstić information content (AvgIpc) is 2.64. The summed E-state index contributed by atoms with van der Waals surface area (Å²) in [7, 11) is 3.70. The molecule has 0 atom stereocenters. The van der Waals surface area contributed by atoms with Crippen LogP contribution in [0.5, 0.6) is 0 Å². The number of aromatic nitrogens is 2. The number of nitrogens with one attached hydrogen (secondary N) is 2. The molecular weight excluding hydrogens is 370 g/mol. The monoisotopic (exact) mass is 389 g/mol. The van der Waals surface area contributed by atoms with E-state index in [1.54, 1.807) is 13.0 Å². The maximum Gasteiger partial charge on any atom is 0.277 e. The summed E-state index contributed by atoms with van der Waals surface area (Å²) in [5.74, 6) is 1.24. The number of nitro groups is 2. The number of carbonyl (C=O) groups is 1. The molecule has 0 unspecified atom stereocenters. The molecule has 0 spiro atoms. The zero-order valence-electron chi connectivity index (χ0n) is 15.5. The highest BCUT2D eigenvalue weighted by Crippen LogP contribution is 2.22. The Morgan fingerprint density at radius 1 is 1.04 bits per heavy atom. The number of aryl methyl sites for hydroxylation is 1. The van der Waals surface area contributed by atoms with Crippen LogP contribution in [-0.2, 0) is 0 Å². The lowest BCUT2D eigenvalue weighted by atomic mass is 10.1. The van der Waals surface area contributed by atoms with Crippen LogP contribution in [0.15, 0.2) is 24.3 Å². The maximum absolute atomic E-state index is 12.2. The van der Waals surface area contributed by atoms with Crippen molar-refractivity contribution in [2.24, 2.45) is 0 Å². The third kappa shape index (κ3) is 5.33. The third-order valence-corrected chi connectivity index (χ3v) is 3.59. The Morgan fingerprint density at radius 3 is 2.18 bits per heavy atom. The fraction of sp³-hybridized carbons (Fsp3) is 0.312. The molecule has 148 valence electrons. The highest BCUT2D eigenvalue weighted by Gasteiger charge is 2.19. The van der Waals surface area contributed by atoms with Crippen molar-refractivity contribution in [3.8, 4) is 0 Å². The largest absolute Gasteiger partial charge is 0.368 e. The molecule has 1 aromatic carbocycles. The van der Waals surface area contributed by atoms with Crippen molar-refractivity contribution >= 4 is 28.9 Å². The van der Waals surface area contributed by atoms with Crippen molar-refractivity contribution in [2.45, 2.75) is 6.92 Å². The second-order valence-electron chi connectivity index (χ2n) is 5.99. The number of benzene rings is 1. The molecule has 28 heavy (non-hydrogen) atoms. The molecular formula is C16H19N7O5. The molecule has 2 aromatic rings. The van der Waals surface area contributed by atoms with E-state index in [-0.39, 0.29) is 12.1 Å². The molecule has 0 radical (unpaired) electrons. The van der Waals surface area contributed by atoms with Gasteiger partial charge in [0.05, 0.1) is 21.5 Å². The Balaban J connectivity index is 1.99. The van der Waals surface area contributed by atoms with Crippen molar-refractivity contribution in [1.29, 1.82) is 0 Å². The second-order valence-corrected chi connectivity index (χ2v) is 5.99. The lowest BCUT2D eigenvalue weighted by Gasteiger charge is -2.14. The molecule has 12 heteroatoms. The van der Waals surface area contributed by atoms with Crippen LogP contribution >= 0.6 is 0 Å². The van der Waals surface area contributed by atoms with Crippen molar-refractivity contribution in [2.75, 3.05) is 37.4 Å². The first kappa shape index (κ1) is 20.5. The van der Waals surface area contributed by atoms with Crippen molar-refractivity contribution in [1.82, 2.24) is 15.3 Å². The van der Waals surface area contributed by atoms with E-state index in [0.29, 0.717) is 18.2 Å². The smallest absolute Gasteiger partial charge is 0.277 e. The van der Waals surface area contributed by atoms with Crippen molar-refractivity contribution < 1.29 is 14.6 Å². The van der Waals surface area contributed by atoms with Crippen LogP contribution in [0.3, 0.4) is 0 Å². The SMILES string of the molecule is Cc1nc(NCCNC(=O)c2cc([N+](=O)[O-])cc([N+](=O)[O-])c2)cc(N(C)C)n1. The van der Waals surface area contributed by atoms with Gasteiger partial charge in [0, 0.05) is 45.4 Å². The predicted octanol–water partition coefficient (Wildman–Crippen LogP) is 1.51. The molecule has 0 aliphatic rings. The maximum atomic E-state index is 12.2. The predicted molar refractivity (Wildman–Crippen MR) is 102 cm³/mol. The van der Waals surface area contributed by atoms with Crippen molar-refractivity contribution in [3.05, 3.63) is 55.9 Å². The molecule has 0 saturated carbocycles. The van der Waals surface area contributed by atoms with Crippen LogP contribution in [0.1, 0.15) is 16.2 Å². The summed E-state index contributed by atoms with van der Waals surface area (Å²) in [6, 6.07) is 4.54. The van der Waals surface area contributed by atoms with Gasteiger partial charge < -0.3 is 15.5 Å². The molecule has 1 aromatic heterocycles. The molecule has 0 fully saturated rings. The fourth-order valence-corrected chi connectivity index (χ4v) is 2.28. The van der Waals surface area contributed by atoms with Gasteiger partial charge in [-0.2, -0.15) is 0 Å². The van der Waals surface area contributed by atoms with Crippen LogP contribution in [0, 0.1) is 27.2 Å². The quantitative estimate of drug-likeness (QED) is 0.388. The Hall–Kier alpha value is -3.83. The molecule has 0 aliphatic heterocycles. The van der Waals surface area contributed by atoms with Gasteiger partial charge in [0.25, 0.3) is 17.3 Å². The van der Waals surface area contributed by atoms with E-state index in [1.807, 2.05) is 19.0 Å². The summed E-state index contributed by atoms with van der Waals surface area (Å²) in [4.78, 5) is 42.7. The molecule has 0 saturated heterocycles. The number of carbonyl (C=O) groups excluding carboxylic acids is 1. The number of non-ortho nitro benzene ring substituents is 2. The summed E-state index contributed by atoms with van der Waals surface area (Å²) >= 11 is 0. The number of hydrogen-bond acceptors (Lipinski definition) is 9. The van der Waals surface area contributed by atoms with Gasteiger partial charge in [-0.15, -0.1) is 0 Å². The van der Waals surface area contributed by atoms with E-state index in [1.165, 1.54) is 0 Å². The van der Waals surface area contributed by atoms with E-state index in [4.69, 9.17) is 0 Å². The van der Waals surface area contributed by atoms with Gasteiger partial charge >= 0.3 is 0 Å². The van der Waals surface area contributed by atoms with Gasteiger partial charge in [-0.1, -0.05) is 0 Å². The summed E-state index contributed by atoms with van der Waals surface area (Å²) in [5, 5.41) is 27.4. The van der Waals surface area contributed by atoms with Crippen LogP contribution in [0.4, 0.5) is 23.0 Å². The molecule has 0 bridgehead atoms. The molecule has 1 heterocycles. The lowest BCUT2D eigenvalue weighted by molar-refractivity contribution is -0.394. The van der Waals surface area contributed by atoms with E-state index in [0.717, 1.165) is 24.0 Å². The normalized spacial score (nSPS) is 10.2. The zero-order valence-corrected chi connectivity index (χ0v) is 15.5. The fourth-order valence-electron chi connectivity index (χ4n) is 2.28. The first-order valence-corrected chi connectivity index (χ1v) is 8.16. The van der Waals surface area contributed by atoms with E-state index >= 15 is 0 Å². The van der Waals surface area contributed by atoms with Gasteiger partial charge in [0.1, 0.15) is 17.5 Å². The van der Waals surface area contributed by atoms with Gasteiger partial charge in [-0.3, -0.25) is 25.0 Å². The minimum atomic E-state index is -0.787. The summed E-state index contributed by atoms with van der Waals surface area (Å²) in [6.45, 7) is 2.26. The van der Waals surface area contributed by atoms with Crippen LogP contribution in [0.25, 0.3) is 0 Å².